The van der Waals surface area contributed by atoms with E-state index in [2.05, 4.69) is 25.6 Å². The first-order valence-electron chi connectivity index (χ1n) is 8.63. The lowest BCUT2D eigenvalue weighted by atomic mass is 9.98. The van der Waals surface area contributed by atoms with Crippen LogP contribution in [0.5, 0.6) is 0 Å². The molecule has 0 aliphatic carbocycles. The van der Waals surface area contributed by atoms with Gasteiger partial charge in [-0.3, -0.25) is 4.79 Å². The molecule has 1 aliphatic rings. The molecule has 3 heterocycles. The van der Waals surface area contributed by atoms with Crippen molar-refractivity contribution in [3.8, 4) is 11.4 Å². The fraction of sp³-hybridized carbons (Fsp3) is 0.412. The maximum absolute atomic E-state index is 12.3. The normalized spacial score (nSPS) is 20.7. The molecule has 0 saturated carbocycles. The predicted molar refractivity (Wildman–Crippen MR) is 105 cm³/mol. The largest absolute Gasteiger partial charge is 0.354 e. The Morgan fingerprint density at radius 1 is 1.29 bits per heavy atom. The van der Waals surface area contributed by atoms with Crippen LogP contribution >= 0.6 is 11.6 Å². The van der Waals surface area contributed by atoms with Crippen LogP contribution in [0.15, 0.2) is 24.5 Å². The highest BCUT2D eigenvalue weighted by molar-refractivity contribution is 7.88. The lowest BCUT2D eigenvalue weighted by Gasteiger charge is -2.39. The van der Waals surface area contributed by atoms with Crippen molar-refractivity contribution < 1.29 is 13.2 Å². The maximum Gasteiger partial charge on any atom is 0.269 e. The number of pyridine rings is 1. The number of nitrogens with zero attached hydrogens (tertiary/aromatic N) is 4. The topological polar surface area (TPSA) is 117 Å². The van der Waals surface area contributed by atoms with E-state index in [1.54, 1.807) is 12.1 Å². The molecule has 0 aromatic carbocycles. The molecule has 9 nitrogen and oxygen atoms in total. The molecule has 0 unspecified atom stereocenters. The number of carbonyl (C=O) groups is 1. The van der Waals surface area contributed by atoms with Gasteiger partial charge in [0.05, 0.1) is 23.7 Å². The van der Waals surface area contributed by atoms with Gasteiger partial charge in [0.15, 0.2) is 0 Å². The van der Waals surface area contributed by atoms with Crippen LogP contribution in [-0.2, 0) is 10.0 Å². The van der Waals surface area contributed by atoms with E-state index in [0.717, 1.165) is 0 Å². The fourth-order valence-electron chi connectivity index (χ4n) is 3.30. The molecule has 1 amide bonds. The molecule has 2 aromatic heterocycles. The van der Waals surface area contributed by atoms with Crippen LogP contribution < -0.4 is 10.6 Å². The van der Waals surface area contributed by atoms with Gasteiger partial charge in [0.2, 0.25) is 10.0 Å². The summed E-state index contributed by atoms with van der Waals surface area (Å²) >= 11 is 6.24. The Bertz CT molecular complexity index is 1000. The molecule has 0 bridgehead atoms. The number of carbonyl (C=O) groups excluding carboxylic acids is 1. The zero-order chi connectivity index (χ0) is 20.5. The third kappa shape index (κ3) is 4.30. The van der Waals surface area contributed by atoms with Crippen LogP contribution in [0.4, 0.5) is 0 Å². The van der Waals surface area contributed by atoms with Gasteiger partial charge in [0.1, 0.15) is 17.2 Å². The Morgan fingerprint density at radius 2 is 2.04 bits per heavy atom. The van der Waals surface area contributed by atoms with Gasteiger partial charge in [-0.15, -0.1) is 0 Å². The molecule has 0 radical (unpaired) electrons. The second-order valence-electron chi connectivity index (χ2n) is 6.54. The molecule has 28 heavy (non-hydrogen) atoms. The minimum atomic E-state index is -3.42. The number of hydrogen-bond acceptors (Lipinski definition) is 7. The molecular weight excluding hydrogens is 404 g/mol. The fourth-order valence-corrected chi connectivity index (χ4v) is 4.65. The number of aromatic nitrogens is 3. The summed E-state index contributed by atoms with van der Waals surface area (Å²) in [5, 5.41) is 6.01. The van der Waals surface area contributed by atoms with E-state index in [1.165, 1.54) is 30.0 Å². The molecule has 1 aliphatic heterocycles. The molecule has 2 atom stereocenters. The molecule has 150 valence electrons. The second kappa shape index (κ2) is 8.08. The Labute approximate surface area is 168 Å². The van der Waals surface area contributed by atoms with Gasteiger partial charge >= 0.3 is 0 Å². The zero-order valence-electron chi connectivity index (χ0n) is 15.7. The lowest BCUT2D eigenvalue weighted by Crippen LogP contribution is -2.53. The van der Waals surface area contributed by atoms with Crippen molar-refractivity contribution in [2.45, 2.75) is 19.0 Å². The Kier molecular flexibility index (Phi) is 5.94. The SMILES string of the molecule is CNC(=O)c1cc(-c2cc([C@H]3[C@H](C)NCCN3S(C)(=O)=O)cc(Cl)n2)ncn1. The van der Waals surface area contributed by atoms with Gasteiger partial charge in [-0.1, -0.05) is 11.6 Å². The number of rotatable bonds is 4. The quantitative estimate of drug-likeness (QED) is 0.698. The monoisotopic (exact) mass is 424 g/mol. The summed E-state index contributed by atoms with van der Waals surface area (Å²) in [7, 11) is -1.91. The van der Waals surface area contributed by atoms with Crippen LogP contribution in [0.25, 0.3) is 11.4 Å². The van der Waals surface area contributed by atoms with Crippen molar-refractivity contribution >= 4 is 27.5 Å². The lowest BCUT2D eigenvalue weighted by molar-refractivity contribution is 0.0958. The van der Waals surface area contributed by atoms with Crippen molar-refractivity contribution in [3.63, 3.8) is 0 Å². The van der Waals surface area contributed by atoms with Crippen molar-refractivity contribution in [1.29, 1.82) is 0 Å². The average Bonchev–Trinajstić information content (AvgIpc) is 2.66. The number of piperazine rings is 1. The summed E-state index contributed by atoms with van der Waals surface area (Å²) in [6, 6.07) is 4.34. The van der Waals surface area contributed by atoms with E-state index in [4.69, 9.17) is 11.6 Å². The minimum absolute atomic E-state index is 0.123. The minimum Gasteiger partial charge on any atom is -0.354 e. The Hall–Kier alpha value is -2.14. The molecule has 11 heteroatoms. The summed E-state index contributed by atoms with van der Waals surface area (Å²) < 4.78 is 26.0. The van der Waals surface area contributed by atoms with Gasteiger partial charge in [-0.2, -0.15) is 4.31 Å². The van der Waals surface area contributed by atoms with Gasteiger partial charge < -0.3 is 10.6 Å². The summed E-state index contributed by atoms with van der Waals surface area (Å²) in [6.07, 6.45) is 2.47. The number of amides is 1. The molecule has 2 N–H and O–H groups in total. The van der Waals surface area contributed by atoms with Crippen LogP contribution in [0.1, 0.15) is 29.0 Å². The summed E-state index contributed by atoms with van der Waals surface area (Å²) in [5.41, 5.74) is 1.74. The van der Waals surface area contributed by atoms with E-state index in [9.17, 15) is 13.2 Å². The highest BCUT2D eigenvalue weighted by Crippen LogP contribution is 2.32. The Morgan fingerprint density at radius 3 is 2.71 bits per heavy atom. The highest BCUT2D eigenvalue weighted by Gasteiger charge is 2.35. The van der Waals surface area contributed by atoms with Crippen molar-refractivity contribution in [2.24, 2.45) is 0 Å². The van der Waals surface area contributed by atoms with E-state index >= 15 is 0 Å². The average molecular weight is 425 g/mol. The van der Waals surface area contributed by atoms with Crippen molar-refractivity contribution in [2.75, 3.05) is 26.4 Å². The van der Waals surface area contributed by atoms with E-state index in [0.29, 0.717) is 30.0 Å². The van der Waals surface area contributed by atoms with Gasteiger partial charge in [-0.05, 0) is 30.7 Å². The van der Waals surface area contributed by atoms with Crippen molar-refractivity contribution in [1.82, 2.24) is 29.9 Å². The second-order valence-corrected chi connectivity index (χ2v) is 8.86. The molecule has 2 aromatic rings. The first-order valence-corrected chi connectivity index (χ1v) is 10.9. The highest BCUT2D eigenvalue weighted by atomic mass is 35.5. The van der Waals surface area contributed by atoms with Gasteiger partial charge in [-0.25, -0.2) is 23.4 Å². The van der Waals surface area contributed by atoms with Gasteiger partial charge in [0, 0.05) is 26.2 Å². The van der Waals surface area contributed by atoms with Crippen LogP contribution in [-0.4, -0.2) is 66.0 Å². The number of hydrogen-bond donors (Lipinski definition) is 2. The van der Waals surface area contributed by atoms with E-state index < -0.39 is 16.1 Å². The summed E-state index contributed by atoms with van der Waals surface area (Å²) in [5.74, 6) is -0.348. The first-order chi connectivity index (χ1) is 13.2. The third-order valence-electron chi connectivity index (χ3n) is 4.56. The summed E-state index contributed by atoms with van der Waals surface area (Å²) in [6.45, 7) is 2.85. The van der Waals surface area contributed by atoms with Crippen LogP contribution in [0.2, 0.25) is 5.15 Å². The molecule has 3 rings (SSSR count). The standard InChI is InChI=1S/C17H21ClN6O3S/c1-10-16(24(5-4-20-10)28(3,26)27)11-6-13(23-15(18)7-11)12-8-14(17(25)19-2)22-9-21-12/h6-10,16,20H,4-5H2,1-3H3,(H,19,25)/t10-,16+/m0/s1. The third-order valence-corrected chi connectivity index (χ3v) is 6.01. The molecule has 1 fully saturated rings. The predicted octanol–water partition coefficient (Wildman–Crippen LogP) is 0.846. The first kappa shape index (κ1) is 20.6. The van der Waals surface area contributed by atoms with E-state index in [-0.39, 0.29) is 22.8 Å². The number of nitrogens with one attached hydrogen (secondary N) is 2. The zero-order valence-corrected chi connectivity index (χ0v) is 17.3. The summed E-state index contributed by atoms with van der Waals surface area (Å²) in [4.78, 5) is 24.3. The number of sulfonamides is 1. The Balaban J connectivity index is 2.08. The molecule has 1 saturated heterocycles. The van der Waals surface area contributed by atoms with E-state index in [1.807, 2.05) is 6.92 Å². The van der Waals surface area contributed by atoms with Crippen molar-refractivity contribution in [3.05, 3.63) is 40.9 Å². The molecular formula is C17H21ClN6O3S. The van der Waals surface area contributed by atoms with Gasteiger partial charge in [0.25, 0.3) is 5.91 Å². The molecule has 0 spiro atoms. The van der Waals surface area contributed by atoms with Crippen LogP contribution in [0, 0.1) is 0 Å². The maximum atomic E-state index is 12.3. The van der Waals surface area contributed by atoms with Crippen LogP contribution in [0.3, 0.4) is 0 Å². The number of halogens is 1. The smallest absolute Gasteiger partial charge is 0.269 e.